The third-order valence-electron chi connectivity index (χ3n) is 4.48. The lowest BCUT2D eigenvalue weighted by Crippen LogP contribution is -2.37. The van der Waals surface area contributed by atoms with Gasteiger partial charge in [-0.15, -0.1) is 0 Å². The van der Waals surface area contributed by atoms with Gasteiger partial charge in [-0.1, -0.05) is 18.2 Å². The molecule has 2 aromatic rings. The van der Waals surface area contributed by atoms with E-state index in [2.05, 4.69) is 10.3 Å². The highest BCUT2D eigenvalue weighted by Crippen LogP contribution is 2.47. The van der Waals surface area contributed by atoms with Crippen LogP contribution in [-0.4, -0.2) is 29.8 Å². The maximum atomic E-state index is 12.3. The molecular formula is C19H21N2O3P. The molecule has 6 heteroatoms. The quantitative estimate of drug-likeness (QED) is 0.829. The number of carbonyl (C=O) groups excluding carboxylic acids is 1. The first-order valence-corrected chi connectivity index (χ1v) is 10.5. The number of nitrogens with one attached hydrogen (secondary N) is 2. The van der Waals surface area contributed by atoms with Gasteiger partial charge in [0.25, 0.3) is 11.5 Å². The van der Waals surface area contributed by atoms with Crippen LogP contribution in [0.3, 0.4) is 0 Å². The molecule has 2 unspecified atom stereocenters. The molecule has 0 spiro atoms. The van der Waals surface area contributed by atoms with Gasteiger partial charge in [0.2, 0.25) is 0 Å². The standard InChI is InChI=1S/C19H21N2O3P/c1-12-4-5-14(10-13(12)2)17-7-6-16(19(23)21-17)18(22)20-15-8-9-25(3,24)11-15/h4-10,15H,11H2,1-3H3,(H,20,22)(H,21,23). The number of carbonyl (C=O) groups is 1. The monoisotopic (exact) mass is 356 g/mol. The average Bonchev–Trinajstić information content (AvgIpc) is 2.88. The molecule has 1 aromatic heterocycles. The van der Waals surface area contributed by atoms with Crippen molar-refractivity contribution in [2.45, 2.75) is 19.9 Å². The van der Waals surface area contributed by atoms with E-state index in [0.717, 1.165) is 11.1 Å². The van der Waals surface area contributed by atoms with Gasteiger partial charge in [-0.2, -0.15) is 0 Å². The molecule has 0 saturated carbocycles. The second-order valence-electron chi connectivity index (χ2n) is 6.69. The van der Waals surface area contributed by atoms with Gasteiger partial charge in [0, 0.05) is 11.9 Å². The van der Waals surface area contributed by atoms with Gasteiger partial charge in [0.1, 0.15) is 12.7 Å². The number of H-pyrrole nitrogens is 1. The summed E-state index contributed by atoms with van der Waals surface area (Å²) in [5.41, 5.74) is 3.51. The summed E-state index contributed by atoms with van der Waals surface area (Å²) in [6.07, 6.45) is 2.13. The molecule has 2 N–H and O–H groups in total. The number of hydrogen-bond donors (Lipinski definition) is 2. The molecule has 1 aliphatic rings. The Labute approximate surface area is 146 Å². The normalized spacial score (nSPS) is 22.1. The van der Waals surface area contributed by atoms with Crippen molar-refractivity contribution in [3.63, 3.8) is 0 Å². The van der Waals surface area contributed by atoms with Crippen LogP contribution in [0.2, 0.25) is 0 Å². The van der Waals surface area contributed by atoms with Crippen LogP contribution in [0, 0.1) is 13.8 Å². The maximum absolute atomic E-state index is 12.3. The Morgan fingerprint density at radius 3 is 2.56 bits per heavy atom. The number of amides is 1. The molecule has 0 bridgehead atoms. The molecule has 1 amide bonds. The molecule has 5 nitrogen and oxygen atoms in total. The van der Waals surface area contributed by atoms with Crippen molar-refractivity contribution >= 4 is 13.0 Å². The Morgan fingerprint density at radius 2 is 1.96 bits per heavy atom. The largest absolute Gasteiger partial charge is 0.345 e. The first kappa shape index (κ1) is 17.4. The van der Waals surface area contributed by atoms with Crippen molar-refractivity contribution in [3.8, 4) is 11.3 Å². The first-order valence-electron chi connectivity index (χ1n) is 8.12. The van der Waals surface area contributed by atoms with Crippen LogP contribution in [0.15, 0.2) is 47.0 Å². The fraction of sp³-hybridized carbons (Fsp3) is 0.263. The molecule has 1 aliphatic heterocycles. The molecule has 2 atom stereocenters. The number of pyridine rings is 1. The van der Waals surface area contributed by atoms with E-state index in [4.69, 9.17) is 0 Å². The number of aromatic amines is 1. The highest BCUT2D eigenvalue weighted by molar-refractivity contribution is 7.66. The number of hydrogen-bond acceptors (Lipinski definition) is 3. The minimum atomic E-state index is -2.30. The van der Waals surface area contributed by atoms with Crippen LogP contribution >= 0.6 is 7.14 Å². The molecule has 0 aliphatic carbocycles. The van der Waals surface area contributed by atoms with Crippen LogP contribution < -0.4 is 10.9 Å². The van der Waals surface area contributed by atoms with Gasteiger partial charge in [-0.3, -0.25) is 9.59 Å². The van der Waals surface area contributed by atoms with E-state index in [-0.39, 0.29) is 11.6 Å². The fourth-order valence-electron chi connectivity index (χ4n) is 2.87. The molecule has 2 heterocycles. The molecule has 1 aromatic carbocycles. The number of aryl methyl sites for hydroxylation is 2. The molecule has 130 valence electrons. The van der Waals surface area contributed by atoms with Crippen LogP contribution in [0.25, 0.3) is 11.3 Å². The summed E-state index contributed by atoms with van der Waals surface area (Å²) < 4.78 is 12.0. The third-order valence-corrected chi connectivity index (χ3v) is 6.40. The number of rotatable bonds is 3. The van der Waals surface area contributed by atoms with Crippen molar-refractivity contribution in [2.75, 3.05) is 12.8 Å². The second kappa shape index (κ2) is 6.49. The zero-order valence-corrected chi connectivity index (χ0v) is 15.4. The summed E-state index contributed by atoms with van der Waals surface area (Å²) in [6.45, 7) is 5.73. The number of aromatic nitrogens is 1. The second-order valence-corrected chi connectivity index (χ2v) is 9.70. The van der Waals surface area contributed by atoms with Crippen molar-refractivity contribution in [1.82, 2.24) is 10.3 Å². The predicted octanol–water partition coefficient (Wildman–Crippen LogP) is 3.28. The zero-order chi connectivity index (χ0) is 18.2. The van der Waals surface area contributed by atoms with Crippen molar-refractivity contribution in [3.05, 3.63) is 69.3 Å². The highest BCUT2D eigenvalue weighted by Gasteiger charge is 2.26. The molecule has 25 heavy (non-hydrogen) atoms. The van der Waals surface area contributed by atoms with Crippen LogP contribution in [0.1, 0.15) is 21.5 Å². The SMILES string of the molecule is Cc1ccc(-c2ccc(C(=O)NC3C=CP(C)(=O)C3)c(=O)[nH]2)cc1C. The lowest BCUT2D eigenvalue weighted by molar-refractivity contribution is 0.0946. The Hall–Kier alpha value is -2.39. The summed E-state index contributed by atoms with van der Waals surface area (Å²) in [5, 5.41) is 2.75. The van der Waals surface area contributed by atoms with E-state index in [9.17, 15) is 14.2 Å². The maximum Gasteiger partial charge on any atom is 0.261 e. The average molecular weight is 356 g/mol. The van der Waals surface area contributed by atoms with Crippen LogP contribution in [0.5, 0.6) is 0 Å². The summed E-state index contributed by atoms with van der Waals surface area (Å²) in [7, 11) is -2.30. The van der Waals surface area contributed by atoms with E-state index in [1.165, 1.54) is 11.6 Å². The topological polar surface area (TPSA) is 79.0 Å². The predicted molar refractivity (Wildman–Crippen MR) is 101 cm³/mol. The molecule has 3 rings (SSSR count). The van der Waals surface area contributed by atoms with Gasteiger partial charge in [0.15, 0.2) is 0 Å². The summed E-state index contributed by atoms with van der Waals surface area (Å²) >= 11 is 0. The van der Waals surface area contributed by atoms with Gasteiger partial charge < -0.3 is 14.9 Å². The van der Waals surface area contributed by atoms with Gasteiger partial charge in [-0.05, 0) is 61.2 Å². The van der Waals surface area contributed by atoms with Gasteiger partial charge in [0.05, 0.1) is 6.04 Å². The Morgan fingerprint density at radius 1 is 1.20 bits per heavy atom. The Balaban J connectivity index is 1.81. The molecular weight excluding hydrogens is 335 g/mol. The van der Waals surface area contributed by atoms with Crippen molar-refractivity contribution in [2.24, 2.45) is 0 Å². The minimum absolute atomic E-state index is 0.0545. The number of benzene rings is 1. The first-order chi connectivity index (χ1) is 11.7. The Bertz CT molecular complexity index is 975. The van der Waals surface area contributed by atoms with E-state index in [0.29, 0.717) is 11.9 Å². The van der Waals surface area contributed by atoms with E-state index < -0.39 is 18.6 Å². The van der Waals surface area contributed by atoms with Crippen LogP contribution in [0.4, 0.5) is 0 Å². The molecule has 0 radical (unpaired) electrons. The lowest BCUT2D eigenvalue weighted by atomic mass is 10.0. The summed E-state index contributed by atoms with van der Waals surface area (Å²) in [6, 6.07) is 8.91. The lowest BCUT2D eigenvalue weighted by Gasteiger charge is -2.12. The summed E-state index contributed by atoms with van der Waals surface area (Å²) in [4.78, 5) is 27.4. The molecule has 0 fully saturated rings. The zero-order valence-electron chi connectivity index (χ0n) is 14.5. The highest BCUT2D eigenvalue weighted by atomic mass is 31.2. The smallest absolute Gasteiger partial charge is 0.261 e. The van der Waals surface area contributed by atoms with Gasteiger partial charge >= 0.3 is 0 Å². The van der Waals surface area contributed by atoms with E-state index in [1.807, 2.05) is 32.0 Å². The van der Waals surface area contributed by atoms with Crippen LogP contribution in [-0.2, 0) is 4.57 Å². The van der Waals surface area contributed by atoms with E-state index in [1.54, 1.807) is 24.6 Å². The van der Waals surface area contributed by atoms with E-state index >= 15 is 0 Å². The van der Waals surface area contributed by atoms with Gasteiger partial charge in [-0.25, -0.2) is 0 Å². The summed E-state index contributed by atoms with van der Waals surface area (Å²) in [5.74, 6) is 1.20. The minimum Gasteiger partial charge on any atom is -0.345 e. The van der Waals surface area contributed by atoms with Crippen molar-refractivity contribution < 1.29 is 9.36 Å². The Kier molecular flexibility index (Phi) is 4.53. The molecule has 0 saturated heterocycles. The van der Waals surface area contributed by atoms with Crippen molar-refractivity contribution in [1.29, 1.82) is 0 Å². The fourth-order valence-corrected chi connectivity index (χ4v) is 4.56. The third kappa shape index (κ3) is 3.83.